The van der Waals surface area contributed by atoms with E-state index in [4.69, 9.17) is 4.74 Å². The molecule has 2 heterocycles. The Morgan fingerprint density at radius 2 is 1.91 bits per heavy atom. The molecule has 2 aliphatic rings. The molecule has 0 aliphatic carbocycles. The van der Waals surface area contributed by atoms with E-state index in [1.54, 1.807) is 24.3 Å². The van der Waals surface area contributed by atoms with Gasteiger partial charge in [-0.05, 0) is 62.0 Å². The maximum Gasteiger partial charge on any atom is 0.293 e. The number of rotatable bonds is 8. The molecule has 0 saturated carbocycles. The summed E-state index contributed by atoms with van der Waals surface area (Å²) < 4.78 is 8.03. The van der Waals surface area contributed by atoms with E-state index in [0.29, 0.717) is 23.0 Å². The van der Waals surface area contributed by atoms with Gasteiger partial charge in [-0.25, -0.2) is 0 Å². The number of piperazine rings is 1. The predicted octanol–water partition coefficient (Wildman–Crippen LogP) is 3.33. The molecule has 2 aromatic rings. The number of anilines is 2. The van der Waals surface area contributed by atoms with Gasteiger partial charge < -0.3 is 25.0 Å². The fourth-order valence-corrected chi connectivity index (χ4v) is 4.84. The number of aromatic hydroxyl groups is 1. The van der Waals surface area contributed by atoms with Crippen molar-refractivity contribution in [3.05, 3.63) is 52.1 Å². The number of hydrogen-bond acceptors (Lipinski definition) is 9. The molecule has 0 radical (unpaired) electrons. The Hall–Kier alpha value is -3.02. The Labute approximate surface area is 208 Å². The molecular formula is C24H31N5O5S. The number of nitrogens with zero attached hydrogens (tertiary/aromatic N) is 3. The molecule has 188 valence electrons. The lowest BCUT2D eigenvalue weighted by Gasteiger charge is -2.34. The zero-order chi connectivity index (χ0) is 24.8. The summed E-state index contributed by atoms with van der Waals surface area (Å²) in [5.74, 6) is -0.146. The third-order valence-corrected chi connectivity index (χ3v) is 7.22. The van der Waals surface area contributed by atoms with Gasteiger partial charge in [0.25, 0.3) is 11.6 Å². The first kappa shape index (κ1) is 25.1. The minimum atomic E-state index is -0.471. The second kappa shape index (κ2) is 11.6. The first-order valence-corrected chi connectivity index (χ1v) is 12.6. The number of likely N-dealkylation sites (N-methyl/N-ethyl adjacent to an activating group) is 1. The molecule has 35 heavy (non-hydrogen) atoms. The zero-order valence-corrected chi connectivity index (χ0v) is 20.6. The van der Waals surface area contributed by atoms with E-state index in [9.17, 15) is 20.0 Å². The molecule has 3 N–H and O–H groups in total. The van der Waals surface area contributed by atoms with E-state index in [-0.39, 0.29) is 17.0 Å². The van der Waals surface area contributed by atoms with Gasteiger partial charge >= 0.3 is 0 Å². The minimum Gasteiger partial charge on any atom is -0.507 e. The molecule has 10 nitrogen and oxygen atoms in total. The van der Waals surface area contributed by atoms with Gasteiger partial charge in [0.1, 0.15) is 11.4 Å². The molecule has 2 fully saturated rings. The van der Waals surface area contributed by atoms with Gasteiger partial charge in [0.15, 0.2) is 0 Å². The van der Waals surface area contributed by atoms with Crippen molar-refractivity contribution >= 4 is 34.9 Å². The third-order valence-electron chi connectivity index (χ3n) is 6.44. The van der Waals surface area contributed by atoms with Crippen molar-refractivity contribution < 1.29 is 19.6 Å². The normalized spacial score (nSPS) is 17.2. The Morgan fingerprint density at radius 3 is 2.60 bits per heavy atom. The molecule has 2 aromatic carbocycles. The van der Waals surface area contributed by atoms with Crippen molar-refractivity contribution in [2.24, 2.45) is 5.92 Å². The molecule has 0 atom stereocenters. The van der Waals surface area contributed by atoms with Crippen molar-refractivity contribution in [1.29, 1.82) is 0 Å². The topological polar surface area (TPSA) is 120 Å². The minimum absolute atomic E-state index is 0.0457. The van der Waals surface area contributed by atoms with Crippen LogP contribution < -0.4 is 14.9 Å². The number of ether oxygens (including phenoxy) is 1. The summed E-state index contributed by atoms with van der Waals surface area (Å²) in [5.41, 5.74) is 1.43. The molecule has 0 bridgehead atoms. The SMILES string of the molecule is CN1CCN(c2ccc(C(=O)NSc3ccc(NCC4CCOCC4)c([N+](=O)[O-])c3)c(O)c2)CC1. The Kier molecular flexibility index (Phi) is 8.32. The largest absolute Gasteiger partial charge is 0.507 e. The van der Waals surface area contributed by atoms with Gasteiger partial charge in [-0.1, -0.05) is 0 Å². The van der Waals surface area contributed by atoms with Crippen LogP contribution in [0.25, 0.3) is 0 Å². The van der Waals surface area contributed by atoms with E-state index in [0.717, 1.165) is 69.9 Å². The van der Waals surface area contributed by atoms with Crippen LogP contribution in [0.15, 0.2) is 41.3 Å². The maximum atomic E-state index is 12.7. The van der Waals surface area contributed by atoms with E-state index < -0.39 is 10.8 Å². The number of nitro groups is 1. The van der Waals surface area contributed by atoms with Crippen LogP contribution in [0, 0.1) is 16.0 Å². The van der Waals surface area contributed by atoms with Crippen LogP contribution in [0.5, 0.6) is 5.75 Å². The molecule has 0 aromatic heterocycles. The van der Waals surface area contributed by atoms with Gasteiger partial charge in [0, 0.05) is 68.7 Å². The van der Waals surface area contributed by atoms with Crippen LogP contribution in [0.3, 0.4) is 0 Å². The fraction of sp³-hybridized carbons (Fsp3) is 0.458. The lowest BCUT2D eigenvalue weighted by molar-refractivity contribution is -0.384. The number of carbonyl (C=O) groups is 1. The van der Waals surface area contributed by atoms with Gasteiger partial charge in [0.05, 0.1) is 10.5 Å². The average Bonchev–Trinajstić information content (AvgIpc) is 2.87. The lowest BCUT2D eigenvalue weighted by Crippen LogP contribution is -2.44. The molecule has 2 saturated heterocycles. The molecule has 11 heteroatoms. The van der Waals surface area contributed by atoms with E-state index >= 15 is 0 Å². The lowest BCUT2D eigenvalue weighted by atomic mass is 10.0. The molecule has 0 unspecified atom stereocenters. The summed E-state index contributed by atoms with van der Waals surface area (Å²) in [7, 11) is 2.08. The molecule has 2 aliphatic heterocycles. The summed E-state index contributed by atoms with van der Waals surface area (Å²) in [6.45, 7) is 5.68. The first-order valence-electron chi connectivity index (χ1n) is 11.7. The molecule has 1 amide bonds. The summed E-state index contributed by atoms with van der Waals surface area (Å²) in [4.78, 5) is 28.8. The van der Waals surface area contributed by atoms with E-state index in [1.807, 2.05) is 6.07 Å². The van der Waals surface area contributed by atoms with Crippen molar-refractivity contribution in [3.63, 3.8) is 0 Å². The maximum absolute atomic E-state index is 12.7. The number of nitrogens with one attached hydrogen (secondary N) is 2. The first-order chi connectivity index (χ1) is 16.9. The highest BCUT2D eigenvalue weighted by Gasteiger charge is 2.20. The Morgan fingerprint density at radius 1 is 1.17 bits per heavy atom. The summed E-state index contributed by atoms with van der Waals surface area (Å²) in [6.07, 6.45) is 1.87. The summed E-state index contributed by atoms with van der Waals surface area (Å²) in [5, 5.41) is 25.3. The van der Waals surface area contributed by atoms with Crippen LogP contribution in [-0.4, -0.2) is 73.8 Å². The van der Waals surface area contributed by atoms with Crippen molar-refractivity contribution in [1.82, 2.24) is 9.62 Å². The van der Waals surface area contributed by atoms with Crippen LogP contribution in [-0.2, 0) is 4.74 Å². The third kappa shape index (κ3) is 6.56. The van der Waals surface area contributed by atoms with Gasteiger partial charge in [-0.2, -0.15) is 0 Å². The van der Waals surface area contributed by atoms with Gasteiger partial charge in [0.2, 0.25) is 0 Å². The van der Waals surface area contributed by atoms with Crippen molar-refractivity contribution in [2.45, 2.75) is 17.7 Å². The number of benzene rings is 2. The van der Waals surface area contributed by atoms with Crippen LogP contribution in [0.4, 0.5) is 17.1 Å². The number of hydrogen-bond donors (Lipinski definition) is 3. The Balaban J connectivity index is 1.36. The van der Waals surface area contributed by atoms with E-state index in [1.165, 1.54) is 6.07 Å². The van der Waals surface area contributed by atoms with Crippen LogP contribution >= 0.6 is 11.9 Å². The second-order valence-electron chi connectivity index (χ2n) is 8.90. The van der Waals surface area contributed by atoms with Crippen molar-refractivity contribution in [3.8, 4) is 5.75 Å². The number of amides is 1. The quantitative estimate of drug-likeness (QED) is 0.284. The number of carbonyl (C=O) groups excluding carboxylic acids is 1. The monoisotopic (exact) mass is 501 g/mol. The zero-order valence-electron chi connectivity index (χ0n) is 19.7. The molecule has 4 rings (SSSR count). The Bertz CT molecular complexity index is 1050. The van der Waals surface area contributed by atoms with Crippen LogP contribution in [0.2, 0.25) is 0 Å². The van der Waals surface area contributed by atoms with Crippen LogP contribution in [0.1, 0.15) is 23.2 Å². The highest BCUT2D eigenvalue weighted by atomic mass is 32.2. The fourth-order valence-electron chi connectivity index (χ4n) is 4.21. The smallest absolute Gasteiger partial charge is 0.293 e. The summed E-state index contributed by atoms with van der Waals surface area (Å²) >= 11 is 0.976. The standard InChI is InChI=1S/C24H31N5O5S/c1-27-8-10-28(11-9-27)18-2-4-20(23(30)14-18)24(31)26-35-19-3-5-21(22(15-19)29(32)33)25-16-17-6-12-34-13-7-17/h2-5,14-15,17,25,30H,6-13,16H2,1H3,(H,26,31). The number of nitro benzene ring substituents is 1. The highest BCUT2D eigenvalue weighted by Crippen LogP contribution is 2.31. The highest BCUT2D eigenvalue weighted by molar-refractivity contribution is 7.98. The number of phenolic OH excluding ortho intramolecular Hbond substituents is 1. The summed E-state index contributed by atoms with van der Waals surface area (Å²) in [6, 6.07) is 9.86. The average molecular weight is 502 g/mol. The van der Waals surface area contributed by atoms with E-state index in [2.05, 4.69) is 26.9 Å². The number of phenols is 1. The molecule has 0 spiro atoms. The van der Waals surface area contributed by atoms with Crippen molar-refractivity contribution in [2.75, 3.05) is 63.2 Å². The van der Waals surface area contributed by atoms with Gasteiger partial charge in [-0.3, -0.25) is 19.6 Å². The van der Waals surface area contributed by atoms with Gasteiger partial charge in [-0.15, -0.1) is 0 Å². The second-order valence-corrected chi connectivity index (χ2v) is 9.78. The molecular weight excluding hydrogens is 470 g/mol. The predicted molar refractivity (Wildman–Crippen MR) is 136 cm³/mol.